The van der Waals surface area contributed by atoms with E-state index in [0.717, 1.165) is 29.8 Å². The predicted octanol–water partition coefficient (Wildman–Crippen LogP) is 11.2. The molecule has 206 valence electrons. The van der Waals surface area contributed by atoms with Crippen LogP contribution in [0.4, 0.5) is 0 Å². The molecule has 3 heterocycles. The van der Waals surface area contributed by atoms with Gasteiger partial charge in [0, 0.05) is 6.54 Å². The van der Waals surface area contributed by atoms with Crippen molar-refractivity contribution in [2.75, 3.05) is 0 Å². The summed E-state index contributed by atoms with van der Waals surface area (Å²) in [6.45, 7) is 2.78. The van der Waals surface area contributed by atoms with Crippen LogP contribution < -0.4 is 11.1 Å². The maximum atomic E-state index is 13.2. The highest BCUT2D eigenvalue weighted by atomic mass is 79.9. The van der Waals surface area contributed by atoms with Crippen LogP contribution in [0.2, 0.25) is 0 Å². The molecular formula is C30H43Br2NO2S2. The first-order chi connectivity index (χ1) is 18.0. The Morgan fingerprint density at radius 3 is 1.24 bits per heavy atom. The van der Waals surface area contributed by atoms with Crippen LogP contribution in [-0.4, -0.2) is 4.57 Å². The topological polar surface area (TPSA) is 39.1 Å². The number of unbranched alkanes of at least 4 members (excludes halogenated alkanes) is 17. The van der Waals surface area contributed by atoms with Crippen molar-refractivity contribution in [1.29, 1.82) is 0 Å². The zero-order valence-corrected chi connectivity index (χ0v) is 27.2. The van der Waals surface area contributed by atoms with Crippen LogP contribution in [0.15, 0.2) is 29.3 Å². The van der Waals surface area contributed by atoms with Gasteiger partial charge in [0.15, 0.2) is 0 Å². The first-order valence-corrected chi connectivity index (χ1v) is 17.7. The van der Waals surface area contributed by atoms with Crippen molar-refractivity contribution in [3.05, 3.63) is 40.4 Å². The first-order valence-electron chi connectivity index (χ1n) is 14.5. The van der Waals surface area contributed by atoms with E-state index in [4.69, 9.17) is 0 Å². The summed E-state index contributed by atoms with van der Waals surface area (Å²) in [5.74, 6) is 0. The first kappa shape index (κ1) is 31.0. The quantitative estimate of drug-likeness (QED) is 0.119. The van der Waals surface area contributed by atoms with Crippen LogP contribution in [0.25, 0.3) is 20.2 Å². The third kappa shape index (κ3) is 9.88. The van der Waals surface area contributed by atoms with Gasteiger partial charge < -0.3 is 0 Å². The van der Waals surface area contributed by atoms with Crippen molar-refractivity contribution in [2.24, 2.45) is 0 Å². The van der Waals surface area contributed by atoms with E-state index in [9.17, 15) is 9.59 Å². The molecule has 0 spiro atoms. The van der Waals surface area contributed by atoms with E-state index < -0.39 is 0 Å². The standard InChI is InChI=1S/C30H43Br2NO2S2/c1-2-3-4-5-6-7-8-9-10-11-12-13-14-15-16-17-18-19-20-33-29(34)23-21-25(31)36-27(23)28-24(30(33)35)22-26(32)37-28/h21-22H,2-20H2,1H3. The van der Waals surface area contributed by atoms with Gasteiger partial charge in [-0.1, -0.05) is 116 Å². The van der Waals surface area contributed by atoms with Gasteiger partial charge in [-0.3, -0.25) is 14.2 Å². The van der Waals surface area contributed by atoms with Crippen molar-refractivity contribution in [2.45, 2.75) is 129 Å². The summed E-state index contributed by atoms with van der Waals surface area (Å²) < 4.78 is 5.11. The molecule has 3 aromatic heterocycles. The molecule has 0 saturated heterocycles. The number of rotatable bonds is 19. The van der Waals surface area contributed by atoms with Gasteiger partial charge in [-0.05, 0) is 50.4 Å². The molecular weight excluding hydrogens is 630 g/mol. The van der Waals surface area contributed by atoms with Gasteiger partial charge in [-0.15, -0.1) is 22.7 Å². The third-order valence-electron chi connectivity index (χ3n) is 7.30. The van der Waals surface area contributed by atoms with Crippen molar-refractivity contribution < 1.29 is 0 Å². The summed E-state index contributed by atoms with van der Waals surface area (Å²) in [5.41, 5.74) is -0.318. The Labute approximate surface area is 247 Å². The van der Waals surface area contributed by atoms with Crippen LogP contribution in [0.1, 0.15) is 122 Å². The smallest absolute Gasteiger partial charge is 0.262 e. The van der Waals surface area contributed by atoms with E-state index in [2.05, 4.69) is 38.8 Å². The van der Waals surface area contributed by atoms with Crippen LogP contribution in [-0.2, 0) is 6.54 Å². The molecule has 0 radical (unpaired) electrons. The second-order valence-corrected chi connectivity index (χ2v) is 15.2. The van der Waals surface area contributed by atoms with E-state index in [1.807, 2.05) is 12.1 Å². The zero-order chi connectivity index (χ0) is 26.5. The van der Waals surface area contributed by atoms with E-state index in [-0.39, 0.29) is 11.1 Å². The molecule has 3 rings (SSSR count). The number of fused-ring (bicyclic) bond motifs is 3. The molecule has 0 N–H and O–H groups in total. The number of hydrogen-bond acceptors (Lipinski definition) is 4. The molecule has 7 heteroatoms. The third-order valence-corrected chi connectivity index (χ3v) is 10.7. The van der Waals surface area contributed by atoms with E-state index in [1.165, 1.54) is 130 Å². The molecule has 3 aromatic rings. The lowest BCUT2D eigenvalue weighted by Gasteiger charge is -2.04. The average molecular weight is 674 g/mol. The minimum absolute atomic E-state index is 0.159. The lowest BCUT2D eigenvalue weighted by Crippen LogP contribution is -2.30. The average Bonchev–Trinajstić information content (AvgIpc) is 3.45. The second kappa shape index (κ2) is 17.2. The summed E-state index contributed by atoms with van der Waals surface area (Å²) in [5, 5.41) is 1.28. The van der Waals surface area contributed by atoms with Crippen molar-refractivity contribution in [3.63, 3.8) is 0 Å². The lowest BCUT2D eigenvalue weighted by molar-refractivity contribution is 0.515. The molecule has 0 bridgehead atoms. The van der Waals surface area contributed by atoms with Crippen LogP contribution >= 0.6 is 54.5 Å². The van der Waals surface area contributed by atoms with Crippen LogP contribution in [0, 0.1) is 0 Å². The van der Waals surface area contributed by atoms with Crippen molar-refractivity contribution in [3.8, 4) is 0 Å². The van der Waals surface area contributed by atoms with Crippen LogP contribution in [0.3, 0.4) is 0 Å². The van der Waals surface area contributed by atoms with Gasteiger partial charge in [-0.25, -0.2) is 0 Å². The van der Waals surface area contributed by atoms with Crippen LogP contribution in [0.5, 0.6) is 0 Å². The Morgan fingerprint density at radius 1 is 0.568 bits per heavy atom. The Hall–Kier alpha value is -0.500. The number of thiophene rings is 2. The zero-order valence-electron chi connectivity index (χ0n) is 22.4. The molecule has 0 aromatic carbocycles. The largest absolute Gasteiger partial charge is 0.274 e. The highest BCUT2D eigenvalue weighted by molar-refractivity contribution is 9.11. The number of halogens is 2. The fraction of sp³-hybridized carbons (Fsp3) is 0.667. The molecule has 0 aliphatic carbocycles. The fourth-order valence-electron chi connectivity index (χ4n) is 5.13. The maximum absolute atomic E-state index is 13.2. The van der Waals surface area contributed by atoms with Gasteiger partial charge >= 0.3 is 0 Å². The molecule has 0 aliphatic heterocycles. The summed E-state index contributed by atoms with van der Waals surface area (Å²) in [6, 6.07) is 3.72. The highest BCUT2D eigenvalue weighted by Crippen LogP contribution is 2.37. The number of aromatic nitrogens is 1. The van der Waals surface area contributed by atoms with E-state index >= 15 is 0 Å². The van der Waals surface area contributed by atoms with E-state index in [0.29, 0.717) is 17.3 Å². The molecule has 0 amide bonds. The van der Waals surface area contributed by atoms with Crippen molar-refractivity contribution in [1.82, 2.24) is 4.57 Å². The summed E-state index contributed by atoms with van der Waals surface area (Å²) in [7, 11) is 0. The predicted molar refractivity (Wildman–Crippen MR) is 172 cm³/mol. The molecule has 0 unspecified atom stereocenters. The van der Waals surface area contributed by atoms with Gasteiger partial charge in [-0.2, -0.15) is 0 Å². The fourth-order valence-corrected chi connectivity index (χ4v) is 8.47. The Bertz CT molecular complexity index is 1140. The SMILES string of the molecule is CCCCCCCCCCCCCCCCCCCCn1c(=O)c2cc(Br)sc2c2sc(Br)cc2c1=O. The number of nitrogens with zero attached hydrogens (tertiary/aromatic N) is 1. The minimum atomic E-state index is -0.159. The molecule has 0 saturated carbocycles. The minimum Gasteiger partial charge on any atom is -0.274 e. The maximum Gasteiger partial charge on any atom is 0.262 e. The Balaban J connectivity index is 1.29. The molecule has 37 heavy (non-hydrogen) atoms. The van der Waals surface area contributed by atoms with Gasteiger partial charge in [0.05, 0.1) is 27.7 Å². The monoisotopic (exact) mass is 671 g/mol. The van der Waals surface area contributed by atoms with Gasteiger partial charge in [0.2, 0.25) is 0 Å². The number of hydrogen-bond donors (Lipinski definition) is 0. The van der Waals surface area contributed by atoms with Gasteiger partial charge in [0.25, 0.3) is 11.1 Å². The van der Waals surface area contributed by atoms with E-state index in [1.54, 1.807) is 0 Å². The normalized spacial score (nSPS) is 11.8. The molecule has 0 atom stereocenters. The Morgan fingerprint density at radius 2 is 0.892 bits per heavy atom. The summed E-state index contributed by atoms with van der Waals surface area (Å²) >= 11 is 10.1. The van der Waals surface area contributed by atoms with Crippen molar-refractivity contribution >= 4 is 74.7 Å². The molecule has 3 nitrogen and oxygen atoms in total. The second-order valence-electron chi connectivity index (χ2n) is 10.4. The Kier molecular flexibility index (Phi) is 14.5. The van der Waals surface area contributed by atoms with Gasteiger partial charge in [0.1, 0.15) is 0 Å². The highest BCUT2D eigenvalue weighted by Gasteiger charge is 2.15. The molecule has 0 fully saturated rings. The summed E-state index contributed by atoms with van der Waals surface area (Å²) in [6.07, 6.45) is 23.9. The molecule has 0 aliphatic rings. The lowest BCUT2D eigenvalue weighted by atomic mass is 10.0. The summed E-state index contributed by atoms with van der Waals surface area (Å²) in [4.78, 5) is 26.4.